The molecule has 1 fully saturated rings. The molecule has 0 spiro atoms. The summed E-state index contributed by atoms with van der Waals surface area (Å²) in [5, 5.41) is 0. The van der Waals surface area contributed by atoms with Crippen molar-refractivity contribution >= 4 is 5.96 Å². The van der Waals surface area contributed by atoms with E-state index in [0.717, 1.165) is 50.5 Å². The normalized spacial score (nSPS) is 21.6. The van der Waals surface area contributed by atoms with Crippen molar-refractivity contribution in [2.24, 2.45) is 22.7 Å². The SMILES string of the molecule is COCCCN=C(NN)N1CCCC(C(C)C)CC1. The molecule has 1 aliphatic heterocycles. The van der Waals surface area contributed by atoms with Crippen LogP contribution in [0, 0.1) is 11.8 Å². The van der Waals surface area contributed by atoms with Crippen molar-refractivity contribution in [1.82, 2.24) is 10.3 Å². The second-order valence-electron chi connectivity index (χ2n) is 5.62. The fourth-order valence-corrected chi connectivity index (χ4v) is 2.63. The van der Waals surface area contributed by atoms with Crippen molar-refractivity contribution in [2.75, 3.05) is 33.4 Å². The number of ether oxygens (including phenoxy) is 1. The number of aliphatic imine (C=N–C) groups is 1. The monoisotopic (exact) mass is 270 g/mol. The third-order valence-corrected chi connectivity index (χ3v) is 3.91. The predicted molar refractivity (Wildman–Crippen MR) is 79.9 cm³/mol. The smallest absolute Gasteiger partial charge is 0.208 e. The molecule has 19 heavy (non-hydrogen) atoms. The predicted octanol–water partition coefficient (Wildman–Crippen LogP) is 1.60. The summed E-state index contributed by atoms with van der Waals surface area (Å²) in [5.41, 5.74) is 2.76. The number of methoxy groups -OCH3 is 1. The molecular formula is C14H30N4O. The Labute approximate surface area is 117 Å². The van der Waals surface area contributed by atoms with Crippen molar-refractivity contribution < 1.29 is 4.74 Å². The van der Waals surface area contributed by atoms with Gasteiger partial charge in [0.2, 0.25) is 5.96 Å². The first-order valence-corrected chi connectivity index (χ1v) is 7.44. The Morgan fingerprint density at radius 3 is 2.84 bits per heavy atom. The van der Waals surface area contributed by atoms with Gasteiger partial charge in [0.1, 0.15) is 0 Å². The zero-order valence-electron chi connectivity index (χ0n) is 12.7. The van der Waals surface area contributed by atoms with E-state index in [1.165, 1.54) is 19.3 Å². The van der Waals surface area contributed by atoms with Gasteiger partial charge in [-0.1, -0.05) is 13.8 Å². The van der Waals surface area contributed by atoms with Gasteiger partial charge in [-0.15, -0.1) is 0 Å². The van der Waals surface area contributed by atoms with Crippen LogP contribution in [0.4, 0.5) is 0 Å². The quantitative estimate of drug-likeness (QED) is 0.262. The zero-order valence-corrected chi connectivity index (χ0v) is 12.7. The third kappa shape index (κ3) is 5.78. The lowest BCUT2D eigenvalue weighted by atomic mass is 9.89. The molecule has 0 aromatic rings. The van der Waals surface area contributed by atoms with Gasteiger partial charge in [0, 0.05) is 33.4 Å². The molecule has 0 aromatic heterocycles. The number of rotatable bonds is 5. The van der Waals surface area contributed by atoms with Crippen molar-refractivity contribution in [3.8, 4) is 0 Å². The first-order chi connectivity index (χ1) is 9.19. The van der Waals surface area contributed by atoms with Crippen LogP contribution in [0.5, 0.6) is 0 Å². The lowest BCUT2D eigenvalue weighted by molar-refractivity contribution is 0.197. The van der Waals surface area contributed by atoms with Gasteiger partial charge in [0.15, 0.2) is 0 Å². The number of likely N-dealkylation sites (tertiary alicyclic amines) is 1. The van der Waals surface area contributed by atoms with Gasteiger partial charge in [-0.25, -0.2) is 5.84 Å². The second-order valence-corrected chi connectivity index (χ2v) is 5.62. The number of nitrogens with zero attached hydrogens (tertiary/aromatic N) is 2. The third-order valence-electron chi connectivity index (χ3n) is 3.91. The fourth-order valence-electron chi connectivity index (χ4n) is 2.63. The summed E-state index contributed by atoms with van der Waals surface area (Å²) in [5.74, 6) is 8.05. The molecule has 1 unspecified atom stereocenters. The molecule has 1 heterocycles. The van der Waals surface area contributed by atoms with E-state index in [4.69, 9.17) is 10.6 Å². The van der Waals surface area contributed by atoms with Crippen LogP contribution in [-0.2, 0) is 4.74 Å². The molecule has 3 N–H and O–H groups in total. The molecule has 0 amide bonds. The van der Waals surface area contributed by atoms with Gasteiger partial charge in [0.25, 0.3) is 0 Å². The van der Waals surface area contributed by atoms with E-state index in [1.54, 1.807) is 7.11 Å². The molecular weight excluding hydrogens is 240 g/mol. The van der Waals surface area contributed by atoms with Crippen LogP contribution in [0.1, 0.15) is 39.5 Å². The van der Waals surface area contributed by atoms with E-state index in [-0.39, 0.29) is 0 Å². The van der Waals surface area contributed by atoms with Gasteiger partial charge < -0.3 is 9.64 Å². The summed E-state index contributed by atoms with van der Waals surface area (Å²) < 4.78 is 5.03. The van der Waals surface area contributed by atoms with E-state index in [0.29, 0.717) is 0 Å². The summed E-state index contributed by atoms with van der Waals surface area (Å²) in [6.45, 7) is 8.25. The van der Waals surface area contributed by atoms with E-state index in [1.807, 2.05) is 0 Å². The number of nitrogens with two attached hydrogens (primary N) is 1. The number of nitrogens with one attached hydrogen (secondary N) is 1. The Balaban J connectivity index is 2.47. The molecule has 1 aliphatic rings. The highest BCUT2D eigenvalue weighted by Crippen LogP contribution is 2.24. The maximum absolute atomic E-state index is 5.61. The van der Waals surface area contributed by atoms with E-state index >= 15 is 0 Å². The van der Waals surface area contributed by atoms with Crippen molar-refractivity contribution in [1.29, 1.82) is 0 Å². The minimum absolute atomic E-state index is 0.747. The van der Waals surface area contributed by atoms with Crippen LogP contribution in [0.25, 0.3) is 0 Å². The summed E-state index contributed by atoms with van der Waals surface area (Å²) in [6, 6.07) is 0. The van der Waals surface area contributed by atoms with Crippen molar-refractivity contribution in [2.45, 2.75) is 39.5 Å². The number of guanidine groups is 1. The standard InChI is InChI=1S/C14H30N4O/c1-12(2)13-6-4-9-18(10-7-13)14(17-15)16-8-5-11-19-3/h12-13H,4-11,15H2,1-3H3,(H,16,17). The second kappa shape index (κ2) is 9.15. The summed E-state index contributed by atoms with van der Waals surface area (Å²) in [6.07, 6.45) is 4.71. The highest BCUT2D eigenvalue weighted by molar-refractivity contribution is 5.79. The van der Waals surface area contributed by atoms with Crippen LogP contribution < -0.4 is 11.3 Å². The molecule has 5 heteroatoms. The number of hydrogen-bond acceptors (Lipinski definition) is 3. The minimum atomic E-state index is 0.747. The molecule has 0 aromatic carbocycles. The summed E-state index contributed by atoms with van der Waals surface area (Å²) in [7, 11) is 1.71. The lowest BCUT2D eigenvalue weighted by Gasteiger charge is -2.24. The molecule has 1 atom stereocenters. The Bertz CT molecular complexity index is 268. The molecule has 5 nitrogen and oxygen atoms in total. The van der Waals surface area contributed by atoms with Gasteiger partial charge in [-0.2, -0.15) is 0 Å². The zero-order chi connectivity index (χ0) is 14.1. The average molecular weight is 270 g/mol. The Kier molecular flexibility index (Phi) is 7.82. The van der Waals surface area contributed by atoms with Gasteiger partial charge in [0.05, 0.1) is 0 Å². The van der Waals surface area contributed by atoms with E-state index in [2.05, 4.69) is 29.2 Å². The molecule has 0 bridgehead atoms. The molecule has 1 saturated heterocycles. The fraction of sp³-hybridized carbons (Fsp3) is 0.929. The summed E-state index contributed by atoms with van der Waals surface area (Å²) in [4.78, 5) is 6.83. The largest absolute Gasteiger partial charge is 0.385 e. The lowest BCUT2D eigenvalue weighted by Crippen LogP contribution is -2.45. The van der Waals surface area contributed by atoms with Gasteiger partial charge in [-0.3, -0.25) is 10.4 Å². The van der Waals surface area contributed by atoms with Crippen molar-refractivity contribution in [3.05, 3.63) is 0 Å². The Morgan fingerprint density at radius 1 is 1.42 bits per heavy atom. The molecule has 0 radical (unpaired) electrons. The first-order valence-electron chi connectivity index (χ1n) is 7.44. The number of hydrazine groups is 1. The van der Waals surface area contributed by atoms with Gasteiger partial charge in [-0.05, 0) is 37.5 Å². The first kappa shape index (κ1) is 16.2. The maximum Gasteiger partial charge on any atom is 0.208 e. The molecule has 0 saturated carbocycles. The van der Waals surface area contributed by atoms with Gasteiger partial charge >= 0.3 is 0 Å². The highest BCUT2D eigenvalue weighted by Gasteiger charge is 2.20. The summed E-state index contributed by atoms with van der Waals surface area (Å²) >= 11 is 0. The Hall–Kier alpha value is -0.810. The average Bonchev–Trinajstić information content (AvgIpc) is 2.65. The molecule has 112 valence electrons. The number of hydrogen-bond donors (Lipinski definition) is 2. The van der Waals surface area contributed by atoms with Crippen molar-refractivity contribution in [3.63, 3.8) is 0 Å². The topological polar surface area (TPSA) is 62.9 Å². The highest BCUT2D eigenvalue weighted by atomic mass is 16.5. The van der Waals surface area contributed by atoms with E-state index in [9.17, 15) is 0 Å². The van der Waals surface area contributed by atoms with Crippen LogP contribution in [0.15, 0.2) is 4.99 Å². The Morgan fingerprint density at radius 2 is 2.21 bits per heavy atom. The van der Waals surface area contributed by atoms with Crippen LogP contribution >= 0.6 is 0 Å². The van der Waals surface area contributed by atoms with E-state index < -0.39 is 0 Å². The van der Waals surface area contributed by atoms with Crippen LogP contribution in [0.2, 0.25) is 0 Å². The van der Waals surface area contributed by atoms with Crippen LogP contribution in [-0.4, -0.2) is 44.2 Å². The maximum atomic E-state index is 5.61. The molecule has 0 aliphatic carbocycles. The van der Waals surface area contributed by atoms with Crippen LogP contribution in [0.3, 0.4) is 0 Å². The molecule has 1 rings (SSSR count). The minimum Gasteiger partial charge on any atom is -0.385 e.